The molecule has 1 N–H and O–H groups in total. The number of aryl methyl sites for hydroxylation is 1. The van der Waals surface area contributed by atoms with Gasteiger partial charge in [0.25, 0.3) is 5.56 Å². The molecule has 7 heteroatoms. The maximum atomic E-state index is 13.3. The molecule has 1 saturated heterocycles. The van der Waals surface area contributed by atoms with E-state index in [2.05, 4.69) is 20.0 Å². The van der Waals surface area contributed by atoms with Gasteiger partial charge in [0.2, 0.25) is 5.89 Å². The molecule has 0 aliphatic carbocycles. The highest BCUT2D eigenvalue weighted by molar-refractivity contribution is 5.78. The average Bonchev–Trinajstić information content (AvgIpc) is 3.02. The number of nitrogens with zero attached hydrogens (tertiary/aromatic N) is 3. The van der Waals surface area contributed by atoms with Crippen molar-refractivity contribution in [3.63, 3.8) is 0 Å². The molecule has 6 nitrogen and oxygen atoms in total. The van der Waals surface area contributed by atoms with Crippen molar-refractivity contribution in [1.82, 2.24) is 20.0 Å². The molecule has 4 rings (SSSR count). The third kappa shape index (κ3) is 3.19. The number of rotatable bonds is 3. The van der Waals surface area contributed by atoms with E-state index >= 15 is 0 Å². The van der Waals surface area contributed by atoms with Gasteiger partial charge in [0.15, 0.2) is 5.82 Å². The molecular weight excluding hydrogens is 323 g/mol. The Balaban J connectivity index is 1.65. The number of aromatic nitrogens is 3. The van der Waals surface area contributed by atoms with E-state index in [9.17, 15) is 9.18 Å². The number of H-pyrrole nitrogens is 1. The zero-order valence-electron chi connectivity index (χ0n) is 14.0. The molecule has 1 aromatic carbocycles. The maximum Gasteiger partial charge on any atom is 0.252 e. The molecular formula is C18H19FN4O2. The molecule has 0 bridgehead atoms. The van der Waals surface area contributed by atoms with Gasteiger partial charge in [-0.3, -0.25) is 9.69 Å². The van der Waals surface area contributed by atoms with E-state index in [0.29, 0.717) is 29.3 Å². The number of pyridine rings is 1. The van der Waals surface area contributed by atoms with E-state index in [1.54, 1.807) is 13.0 Å². The van der Waals surface area contributed by atoms with Crippen LogP contribution in [0.5, 0.6) is 0 Å². The summed E-state index contributed by atoms with van der Waals surface area (Å²) in [5.74, 6) is 0.862. The highest BCUT2D eigenvalue weighted by Gasteiger charge is 2.29. The number of aromatic amines is 1. The number of hydrogen-bond donors (Lipinski definition) is 1. The summed E-state index contributed by atoms with van der Waals surface area (Å²) < 4.78 is 18.7. The summed E-state index contributed by atoms with van der Waals surface area (Å²) >= 11 is 0. The van der Waals surface area contributed by atoms with Crippen LogP contribution < -0.4 is 5.56 Å². The first-order valence-electron chi connectivity index (χ1n) is 8.46. The molecule has 0 radical (unpaired) electrons. The molecule has 0 amide bonds. The fourth-order valence-corrected chi connectivity index (χ4v) is 3.46. The molecule has 1 atom stereocenters. The molecule has 3 aromatic rings. The largest absolute Gasteiger partial charge is 0.338 e. The van der Waals surface area contributed by atoms with E-state index < -0.39 is 0 Å². The van der Waals surface area contributed by atoms with Crippen LogP contribution in [0.15, 0.2) is 33.6 Å². The summed E-state index contributed by atoms with van der Waals surface area (Å²) in [4.78, 5) is 21.7. The second-order valence-electron chi connectivity index (χ2n) is 6.52. The quantitative estimate of drug-likeness (QED) is 0.792. The van der Waals surface area contributed by atoms with Crippen molar-refractivity contribution in [3.05, 3.63) is 57.7 Å². The number of piperidine rings is 1. The number of benzene rings is 1. The Morgan fingerprint density at radius 1 is 1.36 bits per heavy atom. The first-order valence-corrected chi connectivity index (χ1v) is 8.46. The minimum Gasteiger partial charge on any atom is -0.338 e. The SMILES string of the molecule is Cc1noc([C@H]2CCCCN2Cc2cc3ccc(F)cc3[nH]c2=O)n1. The fourth-order valence-electron chi connectivity index (χ4n) is 3.46. The van der Waals surface area contributed by atoms with Crippen LogP contribution in [0, 0.1) is 12.7 Å². The maximum absolute atomic E-state index is 13.3. The Morgan fingerprint density at radius 2 is 2.24 bits per heavy atom. The molecule has 1 fully saturated rings. The number of halogens is 1. The van der Waals surface area contributed by atoms with Crippen LogP contribution in [0.25, 0.3) is 10.9 Å². The monoisotopic (exact) mass is 342 g/mol. The second kappa shape index (κ2) is 6.40. The summed E-state index contributed by atoms with van der Waals surface area (Å²) in [5, 5.41) is 4.70. The van der Waals surface area contributed by atoms with Gasteiger partial charge in [0.1, 0.15) is 5.82 Å². The zero-order chi connectivity index (χ0) is 17.4. The van der Waals surface area contributed by atoms with Crippen LogP contribution in [-0.2, 0) is 6.54 Å². The Labute approximate surface area is 143 Å². The van der Waals surface area contributed by atoms with Crippen molar-refractivity contribution < 1.29 is 8.91 Å². The predicted molar refractivity (Wildman–Crippen MR) is 90.6 cm³/mol. The van der Waals surface area contributed by atoms with Crippen LogP contribution in [-0.4, -0.2) is 26.6 Å². The zero-order valence-corrected chi connectivity index (χ0v) is 14.0. The van der Waals surface area contributed by atoms with Gasteiger partial charge in [-0.1, -0.05) is 11.6 Å². The molecule has 2 aromatic heterocycles. The number of nitrogens with one attached hydrogen (secondary N) is 1. The summed E-state index contributed by atoms with van der Waals surface area (Å²) in [6.07, 6.45) is 3.09. The lowest BCUT2D eigenvalue weighted by atomic mass is 10.0. The molecule has 3 heterocycles. The Kier molecular flexibility index (Phi) is 4.09. The first-order chi connectivity index (χ1) is 12.1. The first kappa shape index (κ1) is 16.0. The molecule has 130 valence electrons. The van der Waals surface area contributed by atoms with Gasteiger partial charge < -0.3 is 9.51 Å². The van der Waals surface area contributed by atoms with Crippen molar-refractivity contribution in [2.75, 3.05) is 6.54 Å². The van der Waals surface area contributed by atoms with Gasteiger partial charge in [-0.15, -0.1) is 0 Å². The minimum atomic E-state index is -0.362. The molecule has 1 aliphatic rings. The van der Waals surface area contributed by atoms with Gasteiger partial charge >= 0.3 is 0 Å². The normalized spacial score (nSPS) is 18.7. The lowest BCUT2D eigenvalue weighted by Crippen LogP contribution is -2.35. The highest BCUT2D eigenvalue weighted by Crippen LogP contribution is 2.31. The van der Waals surface area contributed by atoms with Gasteiger partial charge in [-0.05, 0) is 56.0 Å². The average molecular weight is 342 g/mol. The summed E-state index contributed by atoms with van der Waals surface area (Å²) in [5.41, 5.74) is 0.975. The number of fused-ring (bicyclic) bond motifs is 1. The van der Waals surface area contributed by atoms with Gasteiger partial charge in [-0.25, -0.2) is 4.39 Å². The molecule has 0 spiro atoms. The Bertz CT molecular complexity index is 965. The van der Waals surface area contributed by atoms with Crippen molar-refractivity contribution in [1.29, 1.82) is 0 Å². The predicted octanol–water partition coefficient (Wildman–Crippen LogP) is 3.09. The number of hydrogen-bond acceptors (Lipinski definition) is 5. The smallest absolute Gasteiger partial charge is 0.252 e. The third-order valence-corrected chi connectivity index (χ3v) is 4.70. The molecule has 0 unspecified atom stereocenters. The number of likely N-dealkylation sites (tertiary alicyclic amines) is 1. The van der Waals surface area contributed by atoms with Gasteiger partial charge in [-0.2, -0.15) is 4.98 Å². The van der Waals surface area contributed by atoms with Crippen LogP contribution in [0.1, 0.15) is 42.6 Å². The van der Waals surface area contributed by atoms with Crippen LogP contribution in [0.3, 0.4) is 0 Å². The third-order valence-electron chi connectivity index (χ3n) is 4.70. The van der Waals surface area contributed by atoms with Crippen LogP contribution >= 0.6 is 0 Å². The topological polar surface area (TPSA) is 75.0 Å². The molecule has 25 heavy (non-hydrogen) atoms. The van der Waals surface area contributed by atoms with Gasteiger partial charge in [0.05, 0.1) is 11.6 Å². The van der Waals surface area contributed by atoms with E-state index in [1.807, 2.05) is 6.07 Å². The van der Waals surface area contributed by atoms with Crippen molar-refractivity contribution in [2.24, 2.45) is 0 Å². The Hall–Kier alpha value is -2.54. The summed E-state index contributed by atoms with van der Waals surface area (Å²) in [6.45, 7) is 3.16. The fraction of sp³-hybridized carbons (Fsp3) is 0.389. The van der Waals surface area contributed by atoms with Crippen molar-refractivity contribution >= 4 is 10.9 Å². The summed E-state index contributed by atoms with van der Waals surface area (Å²) in [7, 11) is 0. The van der Waals surface area contributed by atoms with Crippen LogP contribution in [0.4, 0.5) is 4.39 Å². The lowest BCUT2D eigenvalue weighted by molar-refractivity contribution is 0.111. The van der Waals surface area contributed by atoms with E-state index in [4.69, 9.17) is 4.52 Å². The molecule has 1 aliphatic heterocycles. The highest BCUT2D eigenvalue weighted by atomic mass is 19.1. The van der Waals surface area contributed by atoms with E-state index in [1.165, 1.54) is 12.1 Å². The van der Waals surface area contributed by atoms with Crippen LogP contribution in [0.2, 0.25) is 0 Å². The van der Waals surface area contributed by atoms with E-state index in [-0.39, 0.29) is 17.4 Å². The molecule has 0 saturated carbocycles. The van der Waals surface area contributed by atoms with Crippen molar-refractivity contribution in [2.45, 2.75) is 38.8 Å². The minimum absolute atomic E-state index is 0.0262. The standard InChI is InChI=1S/C18H19FN4O2/c1-11-20-18(25-22-11)16-4-2-3-7-23(16)10-13-8-12-5-6-14(19)9-15(12)21-17(13)24/h5-6,8-9,16H,2-4,7,10H2,1H3,(H,21,24)/t16-/m1/s1. The van der Waals surface area contributed by atoms with Gasteiger partial charge in [0, 0.05) is 12.1 Å². The lowest BCUT2D eigenvalue weighted by Gasteiger charge is -2.33. The van der Waals surface area contributed by atoms with Crippen molar-refractivity contribution in [3.8, 4) is 0 Å². The Morgan fingerprint density at radius 3 is 3.04 bits per heavy atom. The summed E-state index contributed by atoms with van der Waals surface area (Å²) in [6, 6.07) is 6.27. The second-order valence-corrected chi connectivity index (χ2v) is 6.52. The van der Waals surface area contributed by atoms with E-state index in [0.717, 1.165) is 31.2 Å².